The predicted octanol–water partition coefficient (Wildman–Crippen LogP) is 1.34. The Morgan fingerprint density at radius 3 is 2.71 bits per heavy atom. The highest BCUT2D eigenvalue weighted by Gasteiger charge is 2.27. The summed E-state index contributed by atoms with van der Waals surface area (Å²) in [5.74, 6) is 1.61. The summed E-state index contributed by atoms with van der Waals surface area (Å²) < 4.78 is 5.65. The Morgan fingerprint density at radius 2 is 2.00 bits per heavy atom. The van der Waals surface area contributed by atoms with Gasteiger partial charge >= 0.3 is 6.01 Å². The molecule has 10 heteroatoms. The molecule has 2 aliphatic heterocycles. The number of nitrogens with zero attached hydrogens (tertiary/aromatic N) is 6. The van der Waals surface area contributed by atoms with Crippen molar-refractivity contribution >= 4 is 29.0 Å². The van der Waals surface area contributed by atoms with Gasteiger partial charge in [-0.25, -0.2) is 4.98 Å². The van der Waals surface area contributed by atoms with Gasteiger partial charge in [0.25, 0.3) is 0 Å². The molecule has 3 N–H and O–H groups in total. The number of carbonyl (C=O) groups excluding carboxylic acids is 1. The summed E-state index contributed by atoms with van der Waals surface area (Å²) in [5, 5.41) is 2.78. The number of hydrogen-bond donors (Lipinski definition) is 2. The number of unbranched alkanes of at least 4 members (excludes halogenated alkanes) is 1. The van der Waals surface area contributed by atoms with Crippen molar-refractivity contribution in [1.29, 1.82) is 0 Å². The molecule has 0 atom stereocenters. The zero-order valence-electron chi connectivity index (χ0n) is 18.2. The Labute approximate surface area is 182 Å². The van der Waals surface area contributed by atoms with Crippen molar-refractivity contribution in [3.8, 4) is 6.01 Å². The molecule has 166 valence electrons. The summed E-state index contributed by atoms with van der Waals surface area (Å²) in [6.45, 7) is 7.29. The fourth-order valence-electron chi connectivity index (χ4n) is 3.68. The van der Waals surface area contributed by atoms with Gasteiger partial charge in [-0.1, -0.05) is 19.4 Å². The molecule has 1 fully saturated rings. The first kappa shape index (κ1) is 21.1. The Balaban J connectivity index is 1.50. The number of piperazine rings is 1. The number of nitrogens with one attached hydrogen (secondary N) is 1. The monoisotopic (exact) mass is 426 g/mol. The fraction of sp³-hybridized carbons (Fsp3) is 0.524. The number of fused-ring (bicyclic) bond motifs is 1. The molecule has 0 unspecified atom stereocenters. The van der Waals surface area contributed by atoms with Crippen LogP contribution in [0.3, 0.4) is 0 Å². The van der Waals surface area contributed by atoms with E-state index >= 15 is 0 Å². The lowest BCUT2D eigenvalue weighted by molar-refractivity contribution is -0.115. The summed E-state index contributed by atoms with van der Waals surface area (Å²) in [4.78, 5) is 32.1. The predicted molar refractivity (Wildman–Crippen MR) is 120 cm³/mol. The third-order valence-electron chi connectivity index (χ3n) is 5.53. The Bertz CT molecular complexity index is 912. The number of anilines is 4. The number of nitrogens with two attached hydrogens (primary N) is 1. The maximum absolute atomic E-state index is 12.2. The van der Waals surface area contributed by atoms with Gasteiger partial charge in [-0.05, 0) is 25.1 Å². The second-order valence-electron chi connectivity index (χ2n) is 8.01. The van der Waals surface area contributed by atoms with E-state index in [1.54, 1.807) is 0 Å². The Morgan fingerprint density at radius 1 is 1.19 bits per heavy atom. The molecule has 31 heavy (non-hydrogen) atoms. The molecule has 0 saturated carbocycles. The van der Waals surface area contributed by atoms with Crippen molar-refractivity contribution in [2.24, 2.45) is 0 Å². The molecule has 10 nitrogen and oxygen atoms in total. The number of amides is 1. The Hall–Kier alpha value is -3.14. The first-order chi connectivity index (χ1) is 15.0. The highest BCUT2D eigenvalue weighted by molar-refractivity contribution is 6.03. The highest BCUT2D eigenvalue weighted by atomic mass is 16.5. The van der Waals surface area contributed by atoms with Crippen molar-refractivity contribution in [2.75, 3.05) is 67.2 Å². The minimum Gasteiger partial charge on any atom is -0.463 e. The van der Waals surface area contributed by atoms with Crippen LogP contribution in [0.5, 0.6) is 6.01 Å². The molecule has 0 aromatic carbocycles. The molecule has 0 radical (unpaired) electrons. The van der Waals surface area contributed by atoms with Gasteiger partial charge in [0.1, 0.15) is 11.5 Å². The van der Waals surface area contributed by atoms with Gasteiger partial charge in [0, 0.05) is 38.9 Å². The molecule has 2 aliphatic rings. The lowest BCUT2D eigenvalue weighted by atomic mass is 10.2. The minimum atomic E-state index is -0.149. The average Bonchev–Trinajstić information content (AvgIpc) is 2.76. The summed E-state index contributed by atoms with van der Waals surface area (Å²) in [6, 6.07) is 4.32. The molecule has 0 spiro atoms. The molecular weight excluding hydrogens is 396 g/mol. The van der Waals surface area contributed by atoms with E-state index < -0.39 is 0 Å². The lowest BCUT2D eigenvalue weighted by Crippen LogP contribution is -2.44. The topological polar surface area (TPSA) is 113 Å². The van der Waals surface area contributed by atoms with Gasteiger partial charge in [-0.15, -0.1) is 0 Å². The van der Waals surface area contributed by atoms with Crippen LogP contribution >= 0.6 is 0 Å². The normalized spacial score (nSPS) is 16.8. The van der Waals surface area contributed by atoms with E-state index in [1.165, 1.54) is 0 Å². The molecule has 2 aromatic heterocycles. The van der Waals surface area contributed by atoms with Gasteiger partial charge in [0.05, 0.1) is 13.2 Å². The van der Waals surface area contributed by atoms with E-state index in [9.17, 15) is 4.79 Å². The minimum absolute atomic E-state index is 0.149. The number of rotatable bonds is 7. The first-order valence-corrected chi connectivity index (χ1v) is 10.8. The fourth-order valence-corrected chi connectivity index (χ4v) is 3.68. The van der Waals surface area contributed by atoms with Crippen LogP contribution in [-0.4, -0.2) is 72.1 Å². The van der Waals surface area contributed by atoms with Gasteiger partial charge < -0.3 is 30.5 Å². The van der Waals surface area contributed by atoms with Gasteiger partial charge in [-0.2, -0.15) is 9.97 Å². The van der Waals surface area contributed by atoms with Crippen molar-refractivity contribution in [3.05, 3.63) is 23.9 Å². The molecule has 1 saturated heterocycles. The van der Waals surface area contributed by atoms with Crippen molar-refractivity contribution < 1.29 is 9.53 Å². The van der Waals surface area contributed by atoms with Gasteiger partial charge in [-0.3, -0.25) is 4.79 Å². The molecule has 0 bridgehead atoms. The van der Waals surface area contributed by atoms with Crippen LogP contribution in [0.15, 0.2) is 18.3 Å². The second kappa shape index (κ2) is 9.34. The zero-order chi connectivity index (χ0) is 21.8. The van der Waals surface area contributed by atoms with E-state index in [2.05, 4.69) is 50.1 Å². The second-order valence-corrected chi connectivity index (χ2v) is 8.01. The van der Waals surface area contributed by atoms with Crippen molar-refractivity contribution in [2.45, 2.75) is 26.3 Å². The number of likely N-dealkylation sites (N-methyl/N-ethyl adjacent to an activating group) is 1. The van der Waals surface area contributed by atoms with Crippen molar-refractivity contribution in [1.82, 2.24) is 19.9 Å². The average molecular weight is 427 g/mol. The quantitative estimate of drug-likeness (QED) is 0.633. The maximum Gasteiger partial charge on any atom is 0.320 e. The van der Waals surface area contributed by atoms with Crippen LogP contribution in [0.4, 0.5) is 23.1 Å². The standard InChI is InChI=1S/C21H30N8O2/c1-3-4-11-31-21-25-19(22)18-20(26-21)29(14-17(30)24-18)13-15-5-6-16(23-12-15)28-9-7-27(2)8-10-28/h5-6,12H,3-4,7-11,13-14H2,1-2H3,(H,24,30)(H2,22,25,26). The molecule has 2 aromatic rings. The van der Waals surface area contributed by atoms with Gasteiger partial charge in [0.15, 0.2) is 11.6 Å². The SMILES string of the molecule is CCCCOc1nc(N)c2c(n1)N(Cc1ccc(N3CCN(C)CC3)nc1)CC(=O)N2. The highest BCUT2D eigenvalue weighted by Crippen LogP contribution is 2.34. The smallest absolute Gasteiger partial charge is 0.320 e. The van der Waals surface area contributed by atoms with E-state index in [0.717, 1.165) is 50.4 Å². The third kappa shape index (κ3) is 4.96. The molecule has 1 amide bonds. The molecular formula is C21H30N8O2. The maximum atomic E-state index is 12.2. The van der Waals surface area contributed by atoms with Crippen molar-refractivity contribution in [3.63, 3.8) is 0 Å². The van der Waals surface area contributed by atoms with Crippen LogP contribution in [0.25, 0.3) is 0 Å². The number of carbonyl (C=O) groups is 1. The number of hydrogen-bond acceptors (Lipinski definition) is 9. The lowest BCUT2D eigenvalue weighted by Gasteiger charge is -2.33. The Kier molecular flexibility index (Phi) is 6.36. The summed E-state index contributed by atoms with van der Waals surface area (Å²) >= 11 is 0. The van der Waals surface area contributed by atoms with Crippen LogP contribution in [-0.2, 0) is 11.3 Å². The zero-order valence-corrected chi connectivity index (χ0v) is 18.2. The number of ether oxygens (including phenoxy) is 1. The van der Waals surface area contributed by atoms with Crippen LogP contribution in [0, 0.1) is 0 Å². The molecule has 0 aliphatic carbocycles. The van der Waals surface area contributed by atoms with E-state index in [4.69, 9.17) is 10.5 Å². The van der Waals surface area contributed by atoms with E-state index in [1.807, 2.05) is 17.2 Å². The van der Waals surface area contributed by atoms with E-state index in [-0.39, 0.29) is 24.3 Å². The third-order valence-corrected chi connectivity index (χ3v) is 5.53. The van der Waals surface area contributed by atoms with E-state index in [0.29, 0.717) is 24.7 Å². The number of nitrogen functional groups attached to an aromatic ring is 1. The summed E-state index contributed by atoms with van der Waals surface area (Å²) in [7, 11) is 2.14. The molecule has 4 heterocycles. The number of aromatic nitrogens is 3. The van der Waals surface area contributed by atoms with Crippen LogP contribution in [0.1, 0.15) is 25.3 Å². The van der Waals surface area contributed by atoms with Crippen LogP contribution < -0.4 is 25.6 Å². The largest absolute Gasteiger partial charge is 0.463 e. The summed E-state index contributed by atoms with van der Waals surface area (Å²) in [5.41, 5.74) is 7.50. The molecule has 4 rings (SSSR count). The van der Waals surface area contributed by atoms with Gasteiger partial charge in [0.2, 0.25) is 5.91 Å². The summed E-state index contributed by atoms with van der Waals surface area (Å²) in [6.07, 6.45) is 3.79. The first-order valence-electron chi connectivity index (χ1n) is 10.8. The van der Waals surface area contributed by atoms with Crippen LogP contribution in [0.2, 0.25) is 0 Å². The number of pyridine rings is 1.